The second-order valence-corrected chi connectivity index (χ2v) is 9.63. The molecule has 1 aromatic carbocycles. The van der Waals surface area contributed by atoms with Crippen molar-refractivity contribution in [2.45, 2.75) is 31.8 Å². The number of aryl methyl sites for hydroxylation is 1. The third kappa shape index (κ3) is 4.05. The van der Waals surface area contributed by atoms with Crippen molar-refractivity contribution in [3.8, 4) is 11.8 Å². The molecule has 3 fully saturated rings. The van der Waals surface area contributed by atoms with Gasteiger partial charge in [-0.3, -0.25) is 0 Å². The summed E-state index contributed by atoms with van der Waals surface area (Å²) in [5, 5.41) is 8.28. The van der Waals surface area contributed by atoms with Gasteiger partial charge in [0, 0.05) is 37.0 Å². The Labute approximate surface area is 201 Å². The summed E-state index contributed by atoms with van der Waals surface area (Å²) in [7, 11) is 0. The van der Waals surface area contributed by atoms with Crippen LogP contribution in [0.1, 0.15) is 24.6 Å². The minimum absolute atomic E-state index is 0.00360. The lowest BCUT2D eigenvalue weighted by Crippen LogP contribution is -2.48. The molecule has 2 bridgehead atoms. The minimum Gasteiger partial charge on any atom is -0.424 e. The molecule has 0 spiro atoms. The van der Waals surface area contributed by atoms with Crippen LogP contribution in [0.25, 0.3) is 0 Å². The molecule has 2 aromatic heterocycles. The second kappa shape index (κ2) is 8.66. The molecular formula is C23H25ClFN7O2. The SMILES string of the molecule is Cc1cc(N2C[C@H]3CC[C@@H](C2)[C@H]3Nc2nc(Oc3ccc(F)c(Cl)c3)n(C3COC3)n2)ncn1. The van der Waals surface area contributed by atoms with Crippen molar-refractivity contribution in [1.82, 2.24) is 24.7 Å². The largest absolute Gasteiger partial charge is 0.424 e. The van der Waals surface area contributed by atoms with Crippen LogP contribution in [0.5, 0.6) is 11.8 Å². The summed E-state index contributed by atoms with van der Waals surface area (Å²) in [4.78, 5) is 15.7. The van der Waals surface area contributed by atoms with Gasteiger partial charge in [0.05, 0.1) is 18.2 Å². The van der Waals surface area contributed by atoms with Gasteiger partial charge in [-0.05, 0) is 43.7 Å². The number of aromatic nitrogens is 5. The van der Waals surface area contributed by atoms with Crippen LogP contribution in [-0.2, 0) is 4.74 Å². The predicted octanol–water partition coefficient (Wildman–Crippen LogP) is 3.86. The molecule has 3 atom stereocenters. The van der Waals surface area contributed by atoms with E-state index in [0.717, 1.165) is 37.4 Å². The summed E-state index contributed by atoms with van der Waals surface area (Å²) in [5.74, 6) is 2.36. The predicted molar refractivity (Wildman–Crippen MR) is 124 cm³/mol. The van der Waals surface area contributed by atoms with Crippen molar-refractivity contribution in [2.24, 2.45) is 11.8 Å². The van der Waals surface area contributed by atoms with Gasteiger partial charge < -0.3 is 19.7 Å². The highest BCUT2D eigenvalue weighted by Crippen LogP contribution is 2.40. The van der Waals surface area contributed by atoms with Gasteiger partial charge in [0.2, 0.25) is 5.95 Å². The van der Waals surface area contributed by atoms with Crippen LogP contribution < -0.4 is 15.0 Å². The van der Waals surface area contributed by atoms with Crippen LogP contribution in [-0.4, -0.2) is 57.1 Å². The topological polar surface area (TPSA) is 90.2 Å². The standard InChI is InChI=1S/C23H25ClFN7O2/c1-13-6-20(27-12-26-13)31-8-14-2-3-15(9-31)21(14)28-22-29-23(32(30-22)16-10-33-11-16)34-17-4-5-19(25)18(24)7-17/h4-7,12,14-16,21H,2-3,8-11H2,1H3,(H,28,30)/t14-,15+,21+. The lowest BCUT2D eigenvalue weighted by atomic mass is 9.92. The van der Waals surface area contributed by atoms with Crippen LogP contribution >= 0.6 is 11.6 Å². The fraction of sp³-hybridized carbons (Fsp3) is 0.478. The quantitative estimate of drug-likeness (QED) is 0.563. The summed E-state index contributed by atoms with van der Waals surface area (Å²) in [6.07, 6.45) is 3.93. The van der Waals surface area contributed by atoms with Crippen LogP contribution in [0, 0.1) is 24.6 Å². The Balaban J connectivity index is 1.20. The van der Waals surface area contributed by atoms with Crippen molar-refractivity contribution in [3.63, 3.8) is 0 Å². The third-order valence-corrected chi connectivity index (χ3v) is 7.20. The number of hydrogen-bond acceptors (Lipinski definition) is 8. The number of piperidine rings is 1. The lowest BCUT2D eigenvalue weighted by molar-refractivity contribution is -0.0312. The molecule has 3 aliphatic rings. The second-order valence-electron chi connectivity index (χ2n) is 9.22. The monoisotopic (exact) mass is 485 g/mol. The first-order valence-corrected chi connectivity index (χ1v) is 11.9. The Morgan fingerprint density at radius 2 is 1.94 bits per heavy atom. The minimum atomic E-state index is -0.496. The van der Waals surface area contributed by atoms with E-state index in [4.69, 9.17) is 26.2 Å². The van der Waals surface area contributed by atoms with Gasteiger partial charge in [0.15, 0.2) is 0 Å². The van der Waals surface area contributed by atoms with E-state index in [-0.39, 0.29) is 17.1 Å². The molecule has 0 unspecified atom stereocenters. The van der Waals surface area contributed by atoms with Gasteiger partial charge in [-0.25, -0.2) is 19.0 Å². The van der Waals surface area contributed by atoms with Gasteiger partial charge >= 0.3 is 6.01 Å². The zero-order chi connectivity index (χ0) is 23.2. The zero-order valence-electron chi connectivity index (χ0n) is 18.7. The molecule has 2 aliphatic heterocycles. The highest BCUT2D eigenvalue weighted by Gasteiger charge is 2.43. The molecule has 4 heterocycles. The first-order chi connectivity index (χ1) is 16.5. The molecule has 9 nitrogen and oxygen atoms in total. The maximum absolute atomic E-state index is 13.6. The smallest absolute Gasteiger partial charge is 0.322 e. The van der Waals surface area contributed by atoms with E-state index in [1.165, 1.54) is 18.2 Å². The molecule has 34 heavy (non-hydrogen) atoms. The summed E-state index contributed by atoms with van der Waals surface area (Å²) >= 11 is 5.92. The number of ether oxygens (including phenoxy) is 2. The van der Waals surface area contributed by atoms with E-state index in [1.54, 1.807) is 11.0 Å². The van der Waals surface area contributed by atoms with Gasteiger partial charge in [0.1, 0.15) is 29.8 Å². The van der Waals surface area contributed by atoms with Crippen molar-refractivity contribution < 1.29 is 13.9 Å². The van der Waals surface area contributed by atoms with Crippen molar-refractivity contribution in [2.75, 3.05) is 36.5 Å². The van der Waals surface area contributed by atoms with Crippen LogP contribution in [0.15, 0.2) is 30.6 Å². The first kappa shape index (κ1) is 21.5. The highest BCUT2D eigenvalue weighted by atomic mass is 35.5. The molecular weight excluding hydrogens is 461 g/mol. The third-order valence-electron chi connectivity index (χ3n) is 6.91. The van der Waals surface area contributed by atoms with Gasteiger partial charge in [-0.2, -0.15) is 4.98 Å². The Hall–Kier alpha value is -2.98. The summed E-state index contributed by atoms with van der Waals surface area (Å²) in [5.41, 5.74) is 0.974. The average molecular weight is 486 g/mol. The maximum Gasteiger partial charge on any atom is 0.322 e. The van der Waals surface area contributed by atoms with Crippen LogP contribution in [0.3, 0.4) is 0 Å². The fourth-order valence-corrected chi connectivity index (χ4v) is 5.27. The van der Waals surface area contributed by atoms with E-state index >= 15 is 0 Å². The normalized spacial score (nSPS) is 24.2. The molecule has 0 radical (unpaired) electrons. The summed E-state index contributed by atoms with van der Waals surface area (Å²) < 4.78 is 26.6. The molecule has 1 N–H and O–H groups in total. The number of halogens is 2. The zero-order valence-corrected chi connectivity index (χ0v) is 19.5. The van der Waals surface area contributed by atoms with Crippen molar-refractivity contribution in [1.29, 1.82) is 0 Å². The van der Waals surface area contributed by atoms with Crippen molar-refractivity contribution >= 4 is 23.4 Å². The number of anilines is 2. The number of rotatable bonds is 6. The number of nitrogens with one attached hydrogen (secondary N) is 1. The highest BCUT2D eigenvalue weighted by molar-refractivity contribution is 6.30. The number of nitrogens with zero attached hydrogens (tertiary/aromatic N) is 6. The summed E-state index contributed by atoms with van der Waals surface area (Å²) in [6, 6.07) is 6.94. The van der Waals surface area contributed by atoms with E-state index in [9.17, 15) is 4.39 Å². The molecule has 178 valence electrons. The molecule has 1 aliphatic carbocycles. The van der Waals surface area contributed by atoms with E-state index in [2.05, 4.69) is 25.2 Å². The van der Waals surface area contributed by atoms with Crippen LogP contribution in [0.2, 0.25) is 5.02 Å². The first-order valence-electron chi connectivity index (χ1n) is 11.5. The molecule has 2 saturated heterocycles. The van der Waals surface area contributed by atoms with Gasteiger partial charge in [0.25, 0.3) is 0 Å². The Morgan fingerprint density at radius 3 is 2.62 bits per heavy atom. The number of hydrogen-bond donors (Lipinski definition) is 1. The van der Waals surface area contributed by atoms with Crippen LogP contribution in [0.4, 0.5) is 16.2 Å². The molecule has 11 heteroatoms. The fourth-order valence-electron chi connectivity index (χ4n) is 5.10. The Morgan fingerprint density at radius 1 is 1.15 bits per heavy atom. The number of fused-ring (bicyclic) bond motifs is 2. The van der Waals surface area contributed by atoms with Crippen molar-refractivity contribution in [3.05, 3.63) is 47.1 Å². The van der Waals surface area contributed by atoms with E-state index in [0.29, 0.717) is 42.8 Å². The van der Waals surface area contributed by atoms with Gasteiger partial charge in [-0.15, -0.1) is 5.10 Å². The molecule has 6 rings (SSSR count). The van der Waals surface area contributed by atoms with E-state index < -0.39 is 5.82 Å². The van der Waals surface area contributed by atoms with E-state index in [1.807, 2.05) is 13.0 Å². The Bertz CT molecular complexity index is 1190. The molecule has 1 saturated carbocycles. The molecule has 3 aromatic rings. The number of benzene rings is 1. The molecule has 0 amide bonds. The average Bonchev–Trinajstić information content (AvgIpc) is 3.25. The summed E-state index contributed by atoms with van der Waals surface area (Å²) in [6.45, 7) is 4.94. The maximum atomic E-state index is 13.6. The lowest BCUT2D eigenvalue weighted by Gasteiger charge is -2.38. The van der Waals surface area contributed by atoms with Gasteiger partial charge in [-0.1, -0.05) is 11.6 Å². The Kier molecular flexibility index (Phi) is 5.49.